The highest BCUT2D eigenvalue weighted by Crippen LogP contribution is 2.30. The normalized spacial score (nSPS) is 22.9. The zero-order valence-electron chi connectivity index (χ0n) is 15.6. The molecule has 5 heteroatoms. The molecule has 1 atom stereocenters. The topological polar surface area (TPSA) is 57.5 Å². The quantitative estimate of drug-likeness (QED) is 0.873. The third-order valence-electron chi connectivity index (χ3n) is 5.57. The summed E-state index contributed by atoms with van der Waals surface area (Å²) in [6.45, 7) is 3.32. The summed E-state index contributed by atoms with van der Waals surface area (Å²) in [5.74, 6) is 0.481. The summed E-state index contributed by atoms with van der Waals surface area (Å²) in [6, 6.07) is 10.1. The molecule has 142 valence electrons. The number of carbonyl (C=O) groups is 1. The smallest absolute Gasteiger partial charge is 0.254 e. The number of likely N-dealkylation sites (tertiary alicyclic amines) is 1. The van der Waals surface area contributed by atoms with Crippen LogP contribution in [0.15, 0.2) is 53.5 Å². The third kappa shape index (κ3) is 4.08. The van der Waals surface area contributed by atoms with E-state index < -0.39 is 0 Å². The van der Waals surface area contributed by atoms with Gasteiger partial charge >= 0.3 is 0 Å². The van der Waals surface area contributed by atoms with Crippen molar-refractivity contribution in [3.8, 4) is 0 Å². The molecule has 1 amide bonds. The second-order valence-electron chi connectivity index (χ2n) is 7.34. The Morgan fingerprint density at radius 3 is 2.81 bits per heavy atom. The van der Waals surface area contributed by atoms with Crippen LogP contribution < -0.4 is 10.6 Å². The van der Waals surface area contributed by atoms with Gasteiger partial charge in [0.05, 0.1) is 19.2 Å². The Labute approximate surface area is 160 Å². The van der Waals surface area contributed by atoms with E-state index in [2.05, 4.69) is 22.9 Å². The summed E-state index contributed by atoms with van der Waals surface area (Å²) in [6.07, 6.45) is 9.72. The van der Waals surface area contributed by atoms with E-state index in [1.807, 2.05) is 29.2 Å². The number of benzene rings is 1. The molecule has 2 aliphatic rings. The number of allylic oxidation sites excluding steroid dienone is 1. The molecule has 3 heterocycles. The molecule has 1 aromatic carbocycles. The molecular formula is C22H27N3O2. The Balaban J connectivity index is 1.57. The second kappa shape index (κ2) is 8.44. The van der Waals surface area contributed by atoms with Gasteiger partial charge in [0.2, 0.25) is 0 Å². The SMILES string of the molecule is O=C(c1ccccc1C1CC/C(c2ccoc2)=C\NCNC1)N1CCCC1. The molecule has 1 fully saturated rings. The van der Waals surface area contributed by atoms with Crippen molar-refractivity contribution in [1.82, 2.24) is 15.5 Å². The maximum absolute atomic E-state index is 13.1. The monoisotopic (exact) mass is 365 g/mol. The van der Waals surface area contributed by atoms with Gasteiger partial charge in [-0.15, -0.1) is 0 Å². The minimum atomic E-state index is 0.187. The van der Waals surface area contributed by atoms with Gasteiger partial charge < -0.3 is 14.6 Å². The average molecular weight is 365 g/mol. The number of amides is 1. The third-order valence-corrected chi connectivity index (χ3v) is 5.57. The first-order valence-corrected chi connectivity index (χ1v) is 9.87. The Kier molecular flexibility index (Phi) is 5.58. The van der Waals surface area contributed by atoms with Crippen molar-refractivity contribution in [2.45, 2.75) is 31.6 Å². The molecule has 2 aliphatic heterocycles. The lowest BCUT2D eigenvalue weighted by Gasteiger charge is -2.23. The van der Waals surface area contributed by atoms with E-state index in [9.17, 15) is 4.79 Å². The van der Waals surface area contributed by atoms with Crippen LogP contribution in [0.3, 0.4) is 0 Å². The molecule has 0 aliphatic carbocycles. The van der Waals surface area contributed by atoms with Gasteiger partial charge in [-0.2, -0.15) is 0 Å². The molecule has 2 N–H and O–H groups in total. The van der Waals surface area contributed by atoms with E-state index in [0.717, 1.165) is 62.0 Å². The molecule has 0 spiro atoms. The maximum atomic E-state index is 13.1. The Morgan fingerprint density at radius 1 is 1.15 bits per heavy atom. The number of rotatable bonds is 3. The molecule has 4 rings (SSSR count). The van der Waals surface area contributed by atoms with E-state index in [1.165, 1.54) is 5.57 Å². The van der Waals surface area contributed by atoms with Crippen LogP contribution in [0.25, 0.3) is 5.57 Å². The van der Waals surface area contributed by atoms with Crippen molar-refractivity contribution in [3.05, 3.63) is 65.7 Å². The van der Waals surface area contributed by atoms with Gasteiger partial charge in [0, 0.05) is 37.0 Å². The summed E-state index contributed by atoms with van der Waals surface area (Å²) in [5.41, 5.74) is 4.38. The summed E-state index contributed by atoms with van der Waals surface area (Å²) in [7, 11) is 0. The zero-order valence-corrected chi connectivity index (χ0v) is 15.6. The summed E-state index contributed by atoms with van der Waals surface area (Å²) in [4.78, 5) is 15.1. The first-order valence-electron chi connectivity index (χ1n) is 9.87. The highest BCUT2D eigenvalue weighted by atomic mass is 16.3. The minimum Gasteiger partial charge on any atom is -0.472 e. The van der Waals surface area contributed by atoms with Crippen LogP contribution >= 0.6 is 0 Å². The fourth-order valence-corrected chi connectivity index (χ4v) is 4.08. The van der Waals surface area contributed by atoms with Gasteiger partial charge in [0.15, 0.2) is 0 Å². The van der Waals surface area contributed by atoms with Crippen LogP contribution in [-0.2, 0) is 0 Å². The first-order chi connectivity index (χ1) is 13.3. The number of hydrogen-bond acceptors (Lipinski definition) is 4. The molecule has 0 radical (unpaired) electrons. The van der Waals surface area contributed by atoms with Crippen LogP contribution in [0.5, 0.6) is 0 Å². The van der Waals surface area contributed by atoms with Crippen LogP contribution in [-0.4, -0.2) is 37.1 Å². The molecule has 1 saturated heterocycles. The maximum Gasteiger partial charge on any atom is 0.254 e. The van der Waals surface area contributed by atoms with Crippen molar-refractivity contribution >= 4 is 11.5 Å². The molecule has 27 heavy (non-hydrogen) atoms. The van der Waals surface area contributed by atoms with E-state index in [4.69, 9.17) is 4.42 Å². The molecule has 5 nitrogen and oxygen atoms in total. The highest BCUT2D eigenvalue weighted by Gasteiger charge is 2.25. The van der Waals surface area contributed by atoms with E-state index in [-0.39, 0.29) is 5.91 Å². The molecule has 0 bridgehead atoms. The highest BCUT2D eigenvalue weighted by molar-refractivity contribution is 5.96. The number of nitrogens with zero attached hydrogens (tertiary/aromatic N) is 1. The summed E-state index contributed by atoms with van der Waals surface area (Å²) in [5, 5.41) is 6.80. The lowest BCUT2D eigenvalue weighted by Crippen LogP contribution is -2.31. The Bertz CT molecular complexity index is 792. The fourth-order valence-electron chi connectivity index (χ4n) is 4.08. The van der Waals surface area contributed by atoms with E-state index in [0.29, 0.717) is 12.6 Å². The predicted octanol–water partition coefficient (Wildman–Crippen LogP) is 3.57. The van der Waals surface area contributed by atoms with Crippen molar-refractivity contribution in [2.75, 3.05) is 26.3 Å². The van der Waals surface area contributed by atoms with Gasteiger partial charge in [-0.1, -0.05) is 18.2 Å². The van der Waals surface area contributed by atoms with Crippen LogP contribution in [0.4, 0.5) is 0 Å². The fraction of sp³-hybridized carbons (Fsp3) is 0.409. The lowest BCUT2D eigenvalue weighted by molar-refractivity contribution is 0.0791. The van der Waals surface area contributed by atoms with Crippen LogP contribution in [0, 0.1) is 0 Å². The van der Waals surface area contributed by atoms with Gasteiger partial charge in [0.25, 0.3) is 5.91 Å². The molecule has 1 aromatic heterocycles. The molecule has 1 unspecified atom stereocenters. The Hall–Kier alpha value is -2.53. The first kappa shape index (κ1) is 17.9. The number of carbonyl (C=O) groups excluding carboxylic acids is 1. The summed E-state index contributed by atoms with van der Waals surface area (Å²) >= 11 is 0. The van der Waals surface area contributed by atoms with Crippen molar-refractivity contribution in [3.63, 3.8) is 0 Å². The van der Waals surface area contributed by atoms with Crippen LogP contribution in [0.2, 0.25) is 0 Å². The molecule has 2 aromatic rings. The average Bonchev–Trinajstić information content (AvgIpc) is 3.42. The van der Waals surface area contributed by atoms with Gasteiger partial charge in [-0.25, -0.2) is 0 Å². The molecule has 0 saturated carbocycles. The van der Waals surface area contributed by atoms with Crippen molar-refractivity contribution < 1.29 is 9.21 Å². The molecular weight excluding hydrogens is 338 g/mol. The lowest BCUT2D eigenvalue weighted by atomic mass is 9.88. The minimum absolute atomic E-state index is 0.187. The number of hydrogen-bond donors (Lipinski definition) is 2. The Morgan fingerprint density at radius 2 is 2.00 bits per heavy atom. The van der Waals surface area contributed by atoms with Gasteiger partial charge in [0.1, 0.15) is 0 Å². The summed E-state index contributed by atoms with van der Waals surface area (Å²) < 4.78 is 5.26. The predicted molar refractivity (Wildman–Crippen MR) is 106 cm³/mol. The van der Waals surface area contributed by atoms with Gasteiger partial charge in [-0.05, 0) is 54.9 Å². The number of furan rings is 1. The standard InChI is InChI=1S/C22H27N3O2/c26-22(25-10-3-4-11-25)21-6-2-1-5-20(21)18-8-7-17(13-23-16-24-14-18)19-9-12-27-15-19/h1-2,5-6,9,12-13,15,18,23-24H,3-4,7-8,10-11,14,16H2/b17-13+. The zero-order chi connectivity index (χ0) is 18.5. The largest absolute Gasteiger partial charge is 0.472 e. The van der Waals surface area contributed by atoms with Gasteiger partial charge in [-0.3, -0.25) is 10.1 Å². The van der Waals surface area contributed by atoms with E-state index in [1.54, 1.807) is 12.5 Å². The number of nitrogens with one attached hydrogen (secondary N) is 2. The van der Waals surface area contributed by atoms with E-state index >= 15 is 0 Å². The van der Waals surface area contributed by atoms with Crippen molar-refractivity contribution in [1.29, 1.82) is 0 Å². The van der Waals surface area contributed by atoms with Crippen molar-refractivity contribution in [2.24, 2.45) is 0 Å². The van der Waals surface area contributed by atoms with Crippen LogP contribution in [0.1, 0.15) is 53.1 Å². The second-order valence-corrected chi connectivity index (χ2v) is 7.34.